The van der Waals surface area contributed by atoms with E-state index in [1.165, 1.54) is 0 Å². The van der Waals surface area contributed by atoms with Crippen LogP contribution in [0.25, 0.3) is 0 Å². The van der Waals surface area contributed by atoms with E-state index in [9.17, 15) is 4.79 Å². The molecule has 0 saturated carbocycles. The first-order valence-corrected chi connectivity index (χ1v) is 7.49. The fourth-order valence-corrected chi connectivity index (χ4v) is 2.49. The fraction of sp³-hybridized carbons (Fsp3) is 0.714. The van der Waals surface area contributed by atoms with E-state index in [-0.39, 0.29) is 11.2 Å². The van der Waals surface area contributed by atoms with Crippen molar-refractivity contribution in [3.05, 3.63) is 16.4 Å². The molecular formula is C14H23BrN2O2. The van der Waals surface area contributed by atoms with Crippen LogP contribution in [-0.4, -0.2) is 28.3 Å². The maximum Gasteiger partial charge on any atom is 0.211 e. The molecule has 0 aliphatic rings. The van der Waals surface area contributed by atoms with Gasteiger partial charge in [-0.25, -0.2) is 0 Å². The Morgan fingerprint density at radius 1 is 1.47 bits per heavy atom. The molecule has 0 aromatic carbocycles. The highest BCUT2D eigenvalue weighted by molar-refractivity contribution is 9.10. The normalized spacial score (nSPS) is 13.6. The highest BCUT2D eigenvalue weighted by atomic mass is 79.9. The van der Waals surface area contributed by atoms with Gasteiger partial charge in [0, 0.05) is 13.2 Å². The van der Waals surface area contributed by atoms with Crippen molar-refractivity contribution in [2.45, 2.75) is 53.7 Å². The van der Waals surface area contributed by atoms with Gasteiger partial charge in [-0.15, -0.1) is 0 Å². The van der Waals surface area contributed by atoms with E-state index in [4.69, 9.17) is 4.74 Å². The molecule has 0 aliphatic heterocycles. The second-order valence-corrected chi connectivity index (χ2v) is 6.48. The standard InChI is InChI=1S/C14H23BrN2O2/c1-6-8-17-11(10(15)9-16-17)12(18)13(19-7-2)14(3,4)5/h9,13H,6-8H2,1-5H3. The Bertz CT molecular complexity index is 435. The van der Waals surface area contributed by atoms with Crippen molar-refractivity contribution in [1.29, 1.82) is 0 Å². The molecule has 0 aliphatic carbocycles. The minimum atomic E-state index is -0.457. The Morgan fingerprint density at radius 3 is 2.58 bits per heavy atom. The molecule has 0 saturated heterocycles. The van der Waals surface area contributed by atoms with Gasteiger partial charge in [0.05, 0.1) is 10.7 Å². The average Bonchev–Trinajstić information content (AvgIpc) is 2.66. The Balaban J connectivity index is 3.12. The van der Waals surface area contributed by atoms with Crippen LogP contribution in [0.4, 0.5) is 0 Å². The number of ether oxygens (including phenoxy) is 1. The van der Waals surface area contributed by atoms with Crippen LogP contribution >= 0.6 is 15.9 Å². The van der Waals surface area contributed by atoms with Crippen LogP contribution in [0.15, 0.2) is 10.7 Å². The number of rotatable bonds is 6. The second-order valence-electron chi connectivity index (χ2n) is 5.63. The summed E-state index contributed by atoms with van der Waals surface area (Å²) in [7, 11) is 0. The van der Waals surface area contributed by atoms with Crippen molar-refractivity contribution in [3.8, 4) is 0 Å². The molecular weight excluding hydrogens is 308 g/mol. The maximum absolute atomic E-state index is 12.7. The summed E-state index contributed by atoms with van der Waals surface area (Å²) in [6, 6.07) is 0. The summed E-state index contributed by atoms with van der Waals surface area (Å²) in [6.07, 6.45) is 2.15. The van der Waals surface area contributed by atoms with Crippen molar-refractivity contribution in [2.75, 3.05) is 6.61 Å². The molecule has 1 aromatic rings. The first kappa shape index (κ1) is 16.4. The first-order valence-electron chi connectivity index (χ1n) is 6.70. The van der Waals surface area contributed by atoms with Crippen LogP contribution < -0.4 is 0 Å². The Hall–Kier alpha value is -0.680. The summed E-state index contributed by atoms with van der Waals surface area (Å²) >= 11 is 3.41. The number of hydrogen-bond donors (Lipinski definition) is 0. The zero-order valence-electron chi connectivity index (χ0n) is 12.4. The summed E-state index contributed by atoms with van der Waals surface area (Å²) in [4.78, 5) is 12.7. The average molecular weight is 331 g/mol. The Labute approximate surface area is 123 Å². The lowest BCUT2D eigenvalue weighted by atomic mass is 9.85. The molecule has 0 fully saturated rings. The zero-order valence-corrected chi connectivity index (χ0v) is 14.0. The van der Waals surface area contributed by atoms with E-state index in [0.717, 1.165) is 17.4 Å². The van der Waals surface area contributed by atoms with E-state index in [2.05, 4.69) is 28.0 Å². The number of halogens is 1. The molecule has 0 spiro atoms. The quantitative estimate of drug-likeness (QED) is 0.747. The molecule has 19 heavy (non-hydrogen) atoms. The second kappa shape index (κ2) is 6.66. The Kier molecular flexibility index (Phi) is 5.74. The number of aromatic nitrogens is 2. The van der Waals surface area contributed by atoms with Crippen LogP contribution in [-0.2, 0) is 11.3 Å². The number of carbonyl (C=O) groups excluding carboxylic acids is 1. The minimum Gasteiger partial charge on any atom is -0.370 e. The summed E-state index contributed by atoms with van der Waals surface area (Å²) in [6.45, 7) is 11.3. The molecule has 1 heterocycles. The van der Waals surface area contributed by atoms with E-state index in [1.54, 1.807) is 10.9 Å². The number of carbonyl (C=O) groups is 1. The lowest BCUT2D eigenvalue weighted by molar-refractivity contribution is -0.000996. The third-order valence-corrected chi connectivity index (χ3v) is 3.40. The number of hydrogen-bond acceptors (Lipinski definition) is 3. The zero-order chi connectivity index (χ0) is 14.6. The minimum absolute atomic E-state index is 0.00725. The maximum atomic E-state index is 12.7. The van der Waals surface area contributed by atoms with Gasteiger partial charge in [-0.1, -0.05) is 27.7 Å². The SMILES string of the molecule is CCCn1ncc(Br)c1C(=O)C(OCC)C(C)(C)C. The molecule has 4 nitrogen and oxygen atoms in total. The van der Waals surface area contributed by atoms with E-state index in [1.807, 2.05) is 27.7 Å². The molecule has 1 aromatic heterocycles. The van der Waals surface area contributed by atoms with Crippen molar-refractivity contribution >= 4 is 21.7 Å². The number of ketones is 1. The molecule has 0 amide bonds. The molecule has 0 bridgehead atoms. The highest BCUT2D eigenvalue weighted by Crippen LogP contribution is 2.28. The largest absolute Gasteiger partial charge is 0.370 e. The summed E-state index contributed by atoms with van der Waals surface area (Å²) in [5.41, 5.74) is 0.364. The lowest BCUT2D eigenvalue weighted by Crippen LogP contribution is -2.38. The predicted octanol–water partition coefficient (Wildman–Crippen LogP) is 3.69. The third kappa shape index (κ3) is 3.89. The van der Waals surface area contributed by atoms with Crippen LogP contribution in [0.1, 0.15) is 51.5 Å². The first-order chi connectivity index (χ1) is 8.82. The third-order valence-electron chi connectivity index (χ3n) is 2.82. The van der Waals surface area contributed by atoms with Gasteiger partial charge in [0.2, 0.25) is 5.78 Å². The highest BCUT2D eigenvalue weighted by Gasteiger charge is 2.35. The van der Waals surface area contributed by atoms with Gasteiger partial charge in [0.1, 0.15) is 11.8 Å². The molecule has 0 N–H and O–H groups in total. The summed E-state index contributed by atoms with van der Waals surface area (Å²) in [5, 5.41) is 4.24. The number of aryl methyl sites for hydroxylation is 1. The van der Waals surface area contributed by atoms with Gasteiger partial charge < -0.3 is 4.74 Å². The topological polar surface area (TPSA) is 44.1 Å². The summed E-state index contributed by atoms with van der Waals surface area (Å²) < 4.78 is 8.16. The smallest absolute Gasteiger partial charge is 0.211 e. The van der Waals surface area contributed by atoms with Crippen molar-refractivity contribution in [1.82, 2.24) is 9.78 Å². The lowest BCUT2D eigenvalue weighted by Gasteiger charge is -2.29. The number of Topliss-reactive ketones (excluding diaryl/α,β-unsaturated/α-hetero) is 1. The van der Waals surface area contributed by atoms with Gasteiger partial charge in [-0.3, -0.25) is 9.48 Å². The van der Waals surface area contributed by atoms with Crippen LogP contribution in [0.2, 0.25) is 0 Å². The predicted molar refractivity (Wildman–Crippen MR) is 79.4 cm³/mol. The van der Waals surface area contributed by atoms with Gasteiger partial charge in [0.25, 0.3) is 0 Å². The fourth-order valence-electron chi connectivity index (χ4n) is 2.00. The monoisotopic (exact) mass is 330 g/mol. The molecule has 5 heteroatoms. The number of nitrogens with zero attached hydrogens (tertiary/aromatic N) is 2. The summed E-state index contributed by atoms with van der Waals surface area (Å²) in [5.74, 6) is -0.00725. The van der Waals surface area contributed by atoms with Crippen LogP contribution in [0.3, 0.4) is 0 Å². The van der Waals surface area contributed by atoms with Gasteiger partial charge in [0.15, 0.2) is 0 Å². The van der Waals surface area contributed by atoms with Crippen molar-refractivity contribution in [2.24, 2.45) is 5.41 Å². The van der Waals surface area contributed by atoms with Crippen molar-refractivity contribution < 1.29 is 9.53 Å². The molecule has 1 unspecified atom stereocenters. The molecule has 0 radical (unpaired) electrons. The van der Waals surface area contributed by atoms with Crippen LogP contribution in [0.5, 0.6) is 0 Å². The van der Waals surface area contributed by atoms with E-state index < -0.39 is 6.10 Å². The molecule has 1 atom stereocenters. The molecule has 1 rings (SSSR count). The Morgan fingerprint density at radius 2 is 2.11 bits per heavy atom. The van der Waals surface area contributed by atoms with Crippen LogP contribution in [0, 0.1) is 5.41 Å². The van der Waals surface area contributed by atoms with Gasteiger partial charge in [-0.2, -0.15) is 5.10 Å². The van der Waals surface area contributed by atoms with Gasteiger partial charge >= 0.3 is 0 Å². The molecule has 108 valence electrons. The van der Waals surface area contributed by atoms with E-state index in [0.29, 0.717) is 12.3 Å². The van der Waals surface area contributed by atoms with Crippen molar-refractivity contribution in [3.63, 3.8) is 0 Å². The van der Waals surface area contributed by atoms with Gasteiger partial charge in [-0.05, 0) is 34.7 Å². The van der Waals surface area contributed by atoms with E-state index >= 15 is 0 Å².